The van der Waals surface area contributed by atoms with E-state index in [0.717, 1.165) is 29.1 Å². The number of rotatable bonds is 5. The summed E-state index contributed by atoms with van der Waals surface area (Å²) in [5, 5.41) is 6.52. The molecule has 2 heterocycles. The van der Waals surface area contributed by atoms with Crippen LogP contribution in [0, 0.1) is 6.92 Å². The maximum Gasteiger partial charge on any atom is 0.0701 e. The summed E-state index contributed by atoms with van der Waals surface area (Å²) in [7, 11) is 0. The second-order valence-corrected chi connectivity index (χ2v) is 5.56. The fourth-order valence-corrected chi connectivity index (χ4v) is 3.25. The van der Waals surface area contributed by atoms with Gasteiger partial charge in [-0.2, -0.15) is 0 Å². The molecule has 0 amide bonds. The third-order valence-electron chi connectivity index (χ3n) is 2.80. The molecule has 0 aliphatic heterocycles. The molecule has 2 nitrogen and oxygen atoms in total. The van der Waals surface area contributed by atoms with Crippen LogP contribution in [0.5, 0.6) is 0 Å². The Bertz CT molecular complexity index is 496. The summed E-state index contributed by atoms with van der Waals surface area (Å²) in [6, 6.07) is 4.20. The Balaban J connectivity index is 2.34. The predicted octanol–water partition coefficient (Wildman–Crippen LogP) is 4.19. The van der Waals surface area contributed by atoms with Crippen LogP contribution in [0.1, 0.15) is 35.4 Å². The Kier molecular flexibility index (Phi) is 4.75. The number of aromatic nitrogens is 1. The van der Waals surface area contributed by atoms with Gasteiger partial charge >= 0.3 is 0 Å². The van der Waals surface area contributed by atoms with Gasteiger partial charge in [-0.1, -0.05) is 24.6 Å². The van der Waals surface area contributed by atoms with Gasteiger partial charge in [0.15, 0.2) is 0 Å². The first-order valence-electron chi connectivity index (χ1n) is 6.10. The maximum atomic E-state index is 6.38. The van der Waals surface area contributed by atoms with E-state index in [1.807, 2.05) is 19.2 Å². The van der Waals surface area contributed by atoms with Crippen molar-refractivity contribution in [1.29, 1.82) is 0 Å². The van der Waals surface area contributed by atoms with Crippen molar-refractivity contribution >= 4 is 22.9 Å². The molecule has 1 N–H and O–H groups in total. The molecule has 18 heavy (non-hydrogen) atoms. The zero-order valence-corrected chi connectivity index (χ0v) is 12.2. The van der Waals surface area contributed by atoms with Gasteiger partial charge in [0.1, 0.15) is 0 Å². The van der Waals surface area contributed by atoms with E-state index < -0.39 is 0 Å². The van der Waals surface area contributed by atoms with Crippen molar-refractivity contribution in [1.82, 2.24) is 10.3 Å². The number of hydrogen-bond donors (Lipinski definition) is 1. The summed E-state index contributed by atoms with van der Waals surface area (Å²) in [6.07, 6.45) is 4.79. The Hall–Kier alpha value is -0.900. The topological polar surface area (TPSA) is 24.9 Å². The minimum absolute atomic E-state index is 0.143. The number of nitrogens with one attached hydrogen (secondary N) is 1. The molecule has 1 atom stereocenters. The van der Waals surface area contributed by atoms with Gasteiger partial charge in [0.25, 0.3) is 0 Å². The van der Waals surface area contributed by atoms with Crippen LogP contribution in [0.2, 0.25) is 5.02 Å². The number of pyridine rings is 1. The van der Waals surface area contributed by atoms with Crippen LogP contribution in [0.15, 0.2) is 29.9 Å². The zero-order chi connectivity index (χ0) is 13.0. The van der Waals surface area contributed by atoms with Gasteiger partial charge in [-0.3, -0.25) is 4.98 Å². The molecule has 0 fully saturated rings. The van der Waals surface area contributed by atoms with E-state index in [4.69, 9.17) is 11.6 Å². The second kappa shape index (κ2) is 6.32. The largest absolute Gasteiger partial charge is 0.306 e. The average molecular weight is 281 g/mol. The van der Waals surface area contributed by atoms with Crippen LogP contribution >= 0.6 is 22.9 Å². The van der Waals surface area contributed by atoms with Gasteiger partial charge in [0.2, 0.25) is 0 Å². The highest BCUT2D eigenvalue weighted by atomic mass is 35.5. The molecule has 1 unspecified atom stereocenters. The van der Waals surface area contributed by atoms with E-state index in [9.17, 15) is 0 Å². The van der Waals surface area contributed by atoms with Crippen LogP contribution < -0.4 is 5.32 Å². The lowest BCUT2D eigenvalue weighted by Crippen LogP contribution is -2.22. The molecule has 0 saturated heterocycles. The van der Waals surface area contributed by atoms with Crippen molar-refractivity contribution < 1.29 is 0 Å². The fourth-order valence-electron chi connectivity index (χ4n) is 1.84. The van der Waals surface area contributed by atoms with Crippen LogP contribution in [0.25, 0.3) is 0 Å². The fraction of sp³-hybridized carbons (Fsp3) is 0.357. The third kappa shape index (κ3) is 2.91. The summed E-state index contributed by atoms with van der Waals surface area (Å²) in [6.45, 7) is 5.17. The molecule has 4 heteroatoms. The summed E-state index contributed by atoms with van der Waals surface area (Å²) < 4.78 is 0. The minimum atomic E-state index is 0.143. The molecule has 96 valence electrons. The second-order valence-electron chi connectivity index (χ2n) is 4.27. The highest BCUT2D eigenvalue weighted by Gasteiger charge is 2.19. The molecular formula is C14H17ClN2S. The number of halogens is 1. The Morgan fingerprint density at radius 2 is 2.33 bits per heavy atom. The first kappa shape index (κ1) is 13.5. The van der Waals surface area contributed by atoms with E-state index in [-0.39, 0.29) is 6.04 Å². The normalized spacial score (nSPS) is 12.6. The third-order valence-corrected chi connectivity index (χ3v) is 4.58. The van der Waals surface area contributed by atoms with Crippen molar-refractivity contribution in [2.24, 2.45) is 0 Å². The summed E-state index contributed by atoms with van der Waals surface area (Å²) in [5.41, 5.74) is 2.30. The molecule has 0 bridgehead atoms. The average Bonchev–Trinajstić information content (AvgIpc) is 2.73. The van der Waals surface area contributed by atoms with E-state index in [2.05, 4.69) is 28.7 Å². The lowest BCUT2D eigenvalue weighted by molar-refractivity contribution is 0.604. The standard InChI is InChI=1S/C14H17ClN2S/c1-3-6-17-13(11-5-4-7-16-8-11)14-12(15)10(2)9-18-14/h4-5,7-9,13,17H,3,6H2,1-2H3. The molecule has 0 radical (unpaired) electrons. The van der Waals surface area contributed by atoms with Crippen molar-refractivity contribution in [3.63, 3.8) is 0 Å². The maximum absolute atomic E-state index is 6.38. The lowest BCUT2D eigenvalue weighted by atomic mass is 10.1. The number of thiophene rings is 1. The van der Waals surface area contributed by atoms with Gasteiger partial charge in [-0.15, -0.1) is 11.3 Å². The van der Waals surface area contributed by atoms with Crippen molar-refractivity contribution in [3.8, 4) is 0 Å². The van der Waals surface area contributed by atoms with Gasteiger partial charge in [-0.25, -0.2) is 0 Å². The smallest absolute Gasteiger partial charge is 0.0701 e. The number of nitrogens with zero attached hydrogens (tertiary/aromatic N) is 1. The number of hydrogen-bond acceptors (Lipinski definition) is 3. The van der Waals surface area contributed by atoms with Crippen molar-refractivity contribution in [2.75, 3.05) is 6.54 Å². The molecule has 2 rings (SSSR count). The predicted molar refractivity (Wildman–Crippen MR) is 78.4 cm³/mol. The Labute approximate surface area is 117 Å². The highest BCUT2D eigenvalue weighted by Crippen LogP contribution is 2.35. The molecule has 2 aromatic heterocycles. The zero-order valence-electron chi connectivity index (χ0n) is 10.6. The van der Waals surface area contributed by atoms with Crippen LogP contribution in [0.4, 0.5) is 0 Å². The van der Waals surface area contributed by atoms with Gasteiger partial charge < -0.3 is 5.32 Å². The SMILES string of the molecule is CCCNC(c1cccnc1)c1scc(C)c1Cl. The summed E-state index contributed by atoms with van der Waals surface area (Å²) in [4.78, 5) is 5.37. The molecule has 0 aliphatic rings. The van der Waals surface area contributed by atoms with Crippen molar-refractivity contribution in [3.05, 3.63) is 50.9 Å². The monoisotopic (exact) mass is 280 g/mol. The minimum Gasteiger partial charge on any atom is -0.306 e. The van der Waals surface area contributed by atoms with Gasteiger partial charge in [0, 0.05) is 17.3 Å². The van der Waals surface area contributed by atoms with E-state index in [0.29, 0.717) is 0 Å². The first-order chi connectivity index (χ1) is 8.74. The lowest BCUT2D eigenvalue weighted by Gasteiger charge is -2.18. The van der Waals surface area contributed by atoms with Gasteiger partial charge in [0.05, 0.1) is 11.1 Å². The quantitative estimate of drug-likeness (QED) is 0.888. The summed E-state index contributed by atoms with van der Waals surface area (Å²) in [5.74, 6) is 0. The molecular weight excluding hydrogens is 264 g/mol. The summed E-state index contributed by atoms with van der Waals surface area (Å²) >= 11 is 8.09. The number of aryl methyl sites for hydroxylation is 1. The highest BCUT2D eigenvalue weighted by molar-refractivity contribution is 7.10. The molecule has 2 aromatic rings. The van der Waals surface area contributed by atoms with Crippen LogP contribution in [-0.2, 0) is 0 Å². The molecule has 0 aromatic carbocycles. The van der Waals surface area contributed by atoms with Crippen molar-refractivity contribution in [2.45, 2.75) is 26.3 Å². The Morgan fingerprint density at radius 3 is 2.89 bits per heavy atom. The first-order valence-corrected chi connectivity index (χ1v) is 7.36. The van der Waals surface area contributed by atoms with E-state index in [1.54, 1.807) is 17.5 Å². The molecule has 0 aliphatic carbocycles. The van der Waals surface area contributed by atoms with E-state index >= 15 is 0 Å². The van der Waals surface area contributed by atoms with E-state index in [1.165, 1.54) is 4.88 Å². The van der Waals surface area contributed by atoms with Gasteiger partial charge in [-0.05, 0) is 42.5 Å². The van der Waals surface area contributed by atoms with Crippen LogP contribution in [-0.4, -0.2) is 11.5 Å². The van der Waals surface area contributed by atoms with Crippen LogP contribution in [0.3, 0.4) is 0 Å². The molecule has 0 saturated carbocycles. The Morgan fingerprint density at radius 1 is 1.50 bits per heavy atom. The molecule has 0 spiro atoms.